The van der Waals surface area contributed by atoms with Gasteiger partial charge in [0.2, 0.25) is 10.5 Å². The Bertz CT molecular complexity index is 1050. The van der Waals surface area contributed by atoms with Crippen molar-refractivity contribution >= 4 is 18.4 Å². The molecule has 9 heteroatoms. The quantitative estimate of drug-likeness (QED) is 0.404. The van der Waals surface area contributed by atoms with Crippen molar-refractivity contribution in [1.82, 2.24) is 14.9 Å². The van der Waals surface area contributed by atoms with Crippen LogP contribution in [0.25, 0.3) is 11.4 Å². The topological polar surface area (TPSA) is 82.9 Å². The summed E-state index contributed by atoms with van der Waals surface area (Å²) >= 11 is 5.35. The van der Waals surface area contributed by atoms with Crippen LogP contribution in [-0.4, -0.2) is 49.0 Å². The first-order chi connectivity index (χ1) is 14.6. The Kier molecular flexibility index (Phi) is 7.08. The third-order valence-corrected chi connectivity index (χ3v) is 4.51. The minimum Gasteiger partial charge on any atom is -0.494 e. The first-order valence-corrected chi connectivity index (χ1v) is 9.77. The van der Waals surface area contributed by atoms with Crippen molar-refractivity contribution < 1.29 is 18.9 Å². The van der Waals surface area contributed by atoms with Crippen LogP contribution in [0.15, 0.2) is 41.5 Å². The van der Waals surface area contributed by atoms with E-state index in [9.17, 15) is 0 Å². The fourth-order valence-corrected chi connectivity index (χ4v) is 2.97. The number of H-pyrrole nitrogens is 1. The summed E-state index contributed by atoms with van der Waals surface area (Å²) < 4.78 is 23.7. The van der Waals surface area contributed by atoms with Crippen LogP contribution in [0.3, 0.4) is 0 Å². The van der Waals surface area contributed by atoms with Crippen molar-refractivity contribution in [3.05, 3.63) is 46.7 Å². The Morgan fingerprint density at radius 1 is 1.07 bits per heavy atom. The van der Waals surface area contributed by atoms with Gasteiger partial charge in [-0.2, -0.15) is 14.9 Å². The maximum Gasteiger partial charge on any atom is 0.216 e. The molecule has 3 aromatic rings. The minimum absolute atomic E-state index is 0.359. The zero-order valence-corrected chi connectivity index (χ0v) is 18.2. The molecule has 0 radical (unpaired) electrons. The molecule has 0 spiro atoms. The van der Waals surface area contributed by atoms with Gasteiger partial charge in [-0.15, -0.1) is 0 Å². The fourth-order valence-electron chi connectivity index (χ4n) is 2.79. The Labute approximate surface area is 180 Å². The summed E-state index contributed by atoms with van der Waals surface area (Å²) in [6, 6.07) is 11.3. The molecule has 0 bridgehead atoms. The summed E-state index contributed by atoms with van der Waals surface area (Å²) in [5, 5.41) is 11.6. The van der Waals surface area contributed by atoms with E-state index in [2.05, 4.69) is 22.2 Å². The summed E-state index contributed by atoms with van der Waals surface area (Å²) in [6.07, 6.45) is 2.67. The highest BCUT2D eigenvalue weighted by Gasteiger charge is 2.17. The lowest BCUT2D eigenvalue weighted by Crippen LogP contribution is -1.99. The van der Waals surface area contributed by atoms with Crippen LogP contribution in [0.1, 0.15) is 18.9 Å². The highest BCUT2D eigenvalue weighted by molar-refractivity contribution is 7.71. The van der Waals surface area contributed by atoms with E-state index in [1.807, 2.05) is 24.3 Å². The smallest absolute Gasteiger partial charge is 0.216 e. The number of nitrogens with one attached hydrogen (secondary N) is 1. The molecule has 1 heterocycles. The largest absolute Gasteiger partial charge is 0.494 e. The zero-order chi connectivity index (χ0) is 21.5. The lowest BCUT2D eigenvalue weighted by Gasteiger charge is -2.13. The molecular weight excluding hydrogens is 404 g/mol. The van der Waals surface area contributed by atoms with Crippen molar-refractivity contribution in [3.63, 3.8) is 0 Å². The zero-order valence-electron chi connectivity index (χ0n) is 17.3. The number of aromatic nitrogens is 3. The van der Waals surface area contributed by atoms with Crippen LogP contribution in [-0.2, 0) is 0 Å². The van der Waals surface area contributed by atoms with Crippen LogP contribution in [0.4, 0.5) is 0 Å². The Balaban J connectivity index is 1.94. The second kappa shape index (κ2) is 9.93. The number of hydrogen-bond donors (Lipinski definition) is 1. The summed E-state index contributed by atoms with van der Waals surface area (Å²) in [7, 11) is 4.67. The molecule has 158 valence electrons. The predicted octanol–water partition coefficient (Wildman–Crippen LogP) is 4.30. The van der Waals surface area contributed by atoms with E-state index in [1.54, 1.807) is 39.7 Å². The van der Waals surface area contributed by atoms with E-state index in [0.29, 0.717) is 40.0 Å². The van der Waals surface area contributed by atoms with Crippen molar-refractivity contribution in [2.45, 2.75) is 13.3 Å². The summed E-state index contributed by atoms with van der Waals surface area (Å²) in [5.41, 5.74) is 1.61. The van der Waals surface area contributed by atoms with Crippen LogP contribution in [0.5, 0.6) is 23.0 Å². The van der Waals surface area contributed by atoms with Gasteiger partial charge in [0.1, 0.15) is 5.75 Å². The number of nitrogens with zero attached hydrogens (tertiary/aromatic N) is 3. The van der Waals surface area contributed by atoms with Crippen molar-refractivity contribution in [2.75, 3.05) is 27.9 Å². The molecule has 0 saturated heterocycles. The van der Waals surface area contributed by atoms with Gasteiger partial charge < -0.3 is 18.9 Å². The van der Waals surface area contributed by atoms with E-state index in [4.69, 9.17) is 31.2 Å². The molecule has 0 aliphatic heterocycles. The monoisotopic (exact) mass is 428 g/mol. The minimum atomic E-state index is 0.359. The normalized spacial score (nSPS) is 10.9. The molecule has 1 N–H and O–H groups in total. The van der Waals surface area contributed by atoms with Gasteiger partial charge in [-0.05, 0) is 60.6 Å². The molecule has 0 unspecified atom stereocenters. The maximum atomic E-state index is 5.60. The van der Waals surface area contributed by atoms with Gasteiger partial charge in [-0.1, -0.05) is 6.92 Å². The van der Waals surface area contributed by atoms with Gasteiger partial charge in [0.25, 0.3) is 0 Å². The highest BCUT2D eigenvalue weighted by Crippen LogP contribution is 2.40. The number of ether oxygens (including phenoxy) is 4. The molecule has 2 aromatic carbocycles. The first kappa shape index (κ1) is 21.4. The van der Waals surface area contributed by atoms with Crippen LogP contribution in [0, 0.1) is 4.77 Å². The molecule has 3 rings (SSSR count). The molecule has 0 atom stereocenters. The number of hydrogen-bond acceptors (Lipinski definition) is 7. The SMILES string of the molecule is CCCOc1ccc(/C=N/n2c(-c3cc(OC)c(OC)c(OC)c3)n[nH]c2=S)cc1. The van der Waals surface area contributed by atoms with E-state index in [1.165, 1.54) is 4.68 Å². The first-order valence-electron chi connectivity index (χ1n) is 9.36. The van der Waals surface area contributed by atoms with Crippen molar-refractivity contribution in [2.24, 2.45) is 5.10 Å². The molecule has 0 saturated carbocycles. The molecule has 0 amide bonds. The van der Waals surface area contributed by atoms with E-state index < -0.39 is 0 Å². The lowest BCUT2D eigenvalue weighted by molar-refractivity contribution is 0.317. The molecule has 0 aliphatic carbocycles. The fraction of sp³-hybridized carbons (Fsp3) is 0.286. The Morgan fingerprint density at radius 2 is 1.73 bits per heavy atom. The standard InChI is InChI=1S/C21H24N4O4S/c1-5-10-29-16-8-6-14(7-9-16)13-22-25-20(23-24-21(25)30)15-11-17(26-2)19(28-4)18(12-15)27-3/h6-9,11-13H,5,10H2,1-4H3,(H,24,30)/b22-13+. The van der Waals surface area contributed by atoms with E-state index in [0.717, 1.165) is 17.7 Å². The van der Waals surface area contributed by atoms with E-state index in [-0.39, 0.29) is 0 Å². The molecule has 0 aliphatic rings. The number of benzene rings is 2. The van der Waals surface area contributed by atoms with E-state index >= 15 is 0 Å². The van der Waals surface area contributed by atoms with Gasteiger partial charge in [0.15, 0.2) is 17.3 Å². The van der Waals surface area contributed by atoms with Gasteiger partial charge in [0, 0.05) is 5.56 Å². The predicted molar refractivity (Wildman–Crippen MR) is 118 cm³/mol. The molecular formula is C21H24N4O4S. The summed E-state index contributed by atoms with van der Waals surface area (Å²) in [6.45, 7) is 2.76. The summed E-state index contributed by atoms with van der Waals surface area (Å²) in [5.74, 6) is 2.86. The van der Waals surface area contributed by atoms with Crippen LogP contribution >= 0.6 is 12.2 Å². The van der Waals surface area contributed by atoms with Crippen molar-refractivity contribution in [1.29, 1.82) is 0 Å². The number of rotatable bonds is 9. The lowest BCUT2D eigenvalue weighted by atomic mass is 10.1. The summed E-state index contributed by atoms with van der Waals surface area (Å²) in [4.78, 5) is 0. The molecule has 8 nitrogen and oxygen atoms in total. The number of aromatic amines is 1. The highest BCUT2D eigenvalue weighted by atomic mass is 32.1. The molecule has 1 aromatic heterocycles. The second-order valence-corrected chi connectivity index (χ2v) is 6.63. The molecule has 0 fully saturated rings. The van der Waals surface area contributed by atoms with Gasteiger partial charge in [0.05, 0.1) is 34.2 Å². The number of methoxy groups -OCH3 is 3. The maximum absolute atomic E-state index is 5.60. The average Bonchev–Trinajstić information content (AvgIpc) is 3.16. The second-order valence-electron chi connectivity index (χ2n) is 6.24. The van der Waals surface area contributed by atoms with Gasteiger partial charge in [-0.3, -0.25) is 0 Å². The average molecular weight is 429 g/mol. The third kappa shape index (κ3) is 4.62. The Hall–Kier alpha value is -3.33. The van der Waals surface area contributed by atoms with Crippen LogP contribution < -0.4 is 18.9 Å². The van der Waals surface area contributed by atoms with Gasteiger partial charge in [-0.25, -0.2) is 5.10 Å². The third-order valence-electron chi connectivity index (χ3n) is 4.25. The van der Waals surface area contributed by atoms with Gasteiger partial charge >= 0.3 is 0 Å². The van der Waals surface area contributed by atoms with Crippen molar-refractivity contribution in [3.8, 4) is 34.4 Å². The Morgan fingerprint density at radius 3 is 2.30 bits per heavy atom. The van der Waals surface area contributed by atoms with Crippen LogP contribution in [0.2, 0.25) is 0 Å². The molecule has 30 heavy (non-hydrogen) atoms.